The molecule has 0 amide bonds. The molecule has 0 bridgehead atoms. The Kier molecular flexibility index (Phi) is 22.8. The molecule has 0 aliphatic carbocycles. The van der Waals surface area contributed by atoms with Crippen molar-refractivity contribution < 1.29 is 0 Å². The summed E-state index contributed by atoms with van der Waals surface area (Å²) in [5.74, 6) is 1.82. The van der Waals surface area contributed by atoms with Gasteiger partial charge in [-0.15, -0.1) is 0 Å². The highest BCUT2D eigenvalue weighted by molar-refractivity contribution is 4.82. The summed E-state index contributed by atoms with van der Waals surface area (Å²) in [4.78, 5) is 0. The number of hydrogen-bond acceptors (Lipinski definition) is 0. The van der Waals surface area contributed by atoms with E-state index in [0.29, 0.717) is 0 Å². The minimum absolute atomic E-state index is 0.858. The van der Waals surface area contributed by atoms with E-state index >= 15 is 0 Å². The Labute approximate surface area is 180 Å². The topological polar surface area (TPSA) is 0 Å². The molecule has 0 aliphatic rings. The molecule has 0 saturated carbocycles. The molecular formula is C28H56. The summed E-state index contributed by atoms with van der Waals surface area (Å²) in [5.41, 5.74) is 0. The molecule has 0 saturated heterocycles. The maximum atomic E-state index is 2.43. The summed E-state index contributed by atoms with van der Waals surface area (Å²) in [6.07, 6.45) is 33.5. The van der Waals surface area contributed by atoms with Crippen LogP contribution in [0.3, 0.4) is 0 Å². The van der Waals surface area contributed by atoms with Crippen LogP contribution in [0.2, 0.25) is 0 Å². The average Bonchev–Trinajstić information content (AvgIpc) is 2.67. The molecule has 28 heavy (non-hydrogen) atoms. The summed E-state index contributed by atoms with van der Waals surface area (Å²) >= 11 is 0. The van der Waals surface area contributed by atoms with Crippen LogP contribution in [0.25, 0.3) is 0 Å². The van der Waals surface area contributed by atoms with Gasteiger partial charge in [0.05, 0.1) is 0 Å². The van der Waals surface area contributed by atoms with Gasteiger partial charge in [0.1, 0.15) is 0 Å². The Morgan fingerprint density at radius 2 is 0.964 bits per heavy atom. The molecule has 0 spiro atoms. The Hall–Kier alpha value is -0.260. The lowest BCUT2D eigenvalue weighted by Crippen LogP contribution is -2.04. The Morgan fingerprint density at radius 1 is 0.500 bits per heavy atom. The minimum Gasteiger partial charge on any atom is -0.0885 e. The van der Waals surface area contributed by atoms with Crippen LogP contribution < -0.4 is 0 Å². The van der Waals surface area contributed by atoms with Crippen LogP contribution in [-0.2, 0) is 0 Å². The van der Waals surface area contributed by atoms with Crippen molar-refractivity contribution in [3.8, 4) is 0 Å². The highest BCUT2D eigenvalue weighted by Crippen LogP contribution is 2.24. The van der Waals surface area contributed by atoms with Gasteiger partial charge in [-0.3, -0.25) is 0 Å². The monoisotopic (exact) mass is 392 g/mol. The molecule has 0 aromatic heterocycles. The molecule has 0 aromatic carbocycles. The van der Waals surface area contributed by atoms with Crippen LogP contribution in [0.5, 0.6) is 0 Å². The Balaban J connectivity index is 3.48. The molecular weight excluding hydrogens is 336 g/mol. The van der Waals surface area contributed by atoms with Gasteiger partial charge in [-0.2, -0.15) is 0 Å². The molecule has 0 nitrogen and oxygen atoms in total. The fraction of sp³-hybridized carbons (Fsp3) is 0.929. The highest BCUT2D eigenvalue weighted by Gasteiger charge is 2.10. The van der Waals surface area contributed by atoms with Gasteiger partial charge >= 0.3 is 0 Å². The molecule has 0 fully saturated rings. The van der Waals surface area contributed by atoms with E-state index in [4.69, 9.17) is 0 Å². The Bertz CT molecular complexity index is 301. The predicted molar refractivity (Wildman–Crippen MR) is 131 cm³/mol. The third-order valence-electron chi connectivity index (χ3n) is 6.13. The van der Waals surface area contributed by atoms with E-state index < -0.39 is 0 Å². The van der Waals surface area contributed by atoms with Crippen molar-refractivity contribution in [2.45, 2.75) is 156 Å². The molecule has 1 atom stereocenters. The van der Waals surface area contributed by atoms with Gasteiger partial charge < -0.3 is 0 Å². The van der Waals surface area contributed by atoms with Crippen molar-refractivity contribution in [1.29, 1.82) is 0 Å². The molecule has 0 aliphatic heterocycles. The van der Waals surface area contributed by atoms with Gasteiger partial charge in [-0.1, -0.05) is 143 Å². The zero-order chi connectivity index (χ0) is 20.7. The van der Waals surface area contributed by atoms with Crippen molar-refractivity contribution in [2.75, 3.05) is 0 Å². The van der Waals surface area contributed by atoms with E-state index in [1.165, 1.54) is 128 Å². The van der Waals surface area contributed by atoms with Gasteiger partial charge in [0, 0.05) is 0 Å². The number of allylic oxidation sites excluding steroid dienone is 2. The standard InChI is InChI=1S/C28H56/c1-5-7-9-11-12-13-14-15-16-17-18-19-21-23-25-28(26-27(3)4)24-22-20-10-8-6-2/h10,20,27-28H,5-9,11-19,21-26H2,1-4H3/b20-10+. The zero-order valence-corrected chi connectivity index (χ0v) is 20.5. The van der Waals surface area contributed by atoms with E-state index in [2.05, 4.69) is 39.8 Å². The molecule has 0 heterocycles. The third kappa shape index (κ3) is 22.0. The van der Waals surface area contributed by atoms with Crippen LogP contribution in [-0.4, -0.2) is 0 Å². The van der Waals surface area contributed by atoms with E-state index in [-0.39, 0.29) is 0 Å². The second kappa shape index (κ2) is 23.0. The lowest BCUT2D eigenvalue weighted by atomic mass is 9.88. The first-order valence-electron chi connectivity index (χ1n) is 13.4. The maximum Gasteiger partial charge on any atom is -0.0348 e. The molecule has 0 rings (SSSR count). The van der Waals surface area contributed by atoms with Crippen molar-refractivity contribution in [1.82, 2.24) is 0 Å². The lowest BCUT2D eigenvalue weighted by Gasteiger charge is -2.18. The Morgan fingerprint density at radius 3 is 1.43 bits per heavy atom. The molecule has 0 N–H and O–H groups in total. The third-order valence-corrected chi connectivity index (χ3v) is 6.13. The van der Waals surface area contributed by atoms with E-state index in [1.54, 1.807) is 0 Å². The summed E-state index contributed by atoms with van der Waals surface area (Å²) in [5, 5.41) is 0. The molecule has 1 unspecified atom stereocenters. The smallest absolute Gasteiger partial charge is 0.0348 e. The van der Waals surface area contributed by atoms with E-state index in [1.807, 2.05) is 0 Å². The first-order chi connectivity index (χ1) is 13.7. The molecule has 0 heteroatoms. The highest BCUT2D eigenvalue weighted by atomic mass is 14.2. The van der Waals surface area contributed by atoms with Gasteiger partial charge in [0.2, 0.25) is 0 Å². The second-order valence-corrected chi connectivity index (χ2v) is 9.72. The average molecular weight is 393 g/mol. The normalized spacial score (nSPS) is 13.0. The first-order valence-corrected chi connectivity index (χ1v) is 13.4. The SMILES string of the molecule is CCC/C=C/CCC(CCCCCCCCCCCCCCCC)CC(C)C. The van der Waals surface area contributed by atoms with Gasteiger partial charge in [0.25, 0.3) is 0 Å². The lowest BCUT2D eigenvalue weighted by molar-refractivity contribution is 0.352. The summed E-state index contributed by atoms with van der Waals surface area (Å²) in [6, 6.07) is 0. The number of unbranched alkanes of at least 4 members (excludes halogenated alkanes) is 14. The van der Waals surface area contributed by atoms with E-state index in [0.717, 1.165) is 11.8 Å². The van der Waals surface area contributed by atoms with Gasteiger partial charge in [0.15, 0.2) is 0 Å². The van der Waals surface area contributed by atoms with Crippen molar-refractivity contribution in [3.63, 3.8) is 0 Å². The largest absolute Gasteiger partial charge is 0.0885 e. The van der Waals surface area contributed by atoms with Crippen molar-refractivity contribution in [3.05, 3.63) is 12.2 Å². The van der Waals surface area contributed by atoms with Gasteiger partial charge in [-0.25, -0.2) is 0 Å². The predicted octanol–water partition coefficient (Wildman–Crippen LogP) is 10.7. The second-order valence-electron chi connectivity index (χ2n) is 9.72. The molecule has 0 aromatic rings. The van der Waals surface area contributed by atoms with Gasteiger partial charge in [-0.05, 0) is 37.5 Å². The van der Waals surface area contributed by atoms with Crippen LogP contribution in [0, 0.1) is 11.8 Å². The number of hydrogen-bond donors (Lipinski definition) is 0. The van der Waals surface area contributed by atoms with Crippen LogP contribution in [0.4, 0.5) is 0 Å². The van der Waals surface area contributed by atoms with Crippen LogP contribution in [0.1, 0.15) is 156 Å². The maximum absolute atomic E-state index is 2.43. The van der Waals surface area contributed by atoms with Crippen LogP contribution >= 0.6 is 0 Å². The molecule has 0 radical (unpaired) electrons. The summed E-state index contributed by atoms with van der Waals surface area (Å²) in [6.45, 7) is 9.36. The summed E-state index contributed by atoms with van der Waals surface area (Å²) < 4.78 is 0. The van der Waals surface area contributed by atoms with Crippen molar-refractivity contribution in [2.24, 2.45) is 11.8 Å². The van der Waals surface area contributed by atoms with E-state index in [9.17, 15) is 0 Å². The number of rotatable bonds is 22. The van der Waals surface area contributed by atoms with Crippen molar-refractivity contribution >= 4 is 0 Å². The zero-order valence-electron chi connectivity index (χ0n) is 20.5. The fourth-order valence-corrected chi connectivity index (χ4v) is 4.41. The summed E-state index contributed by atoms with van der Waals surface area (Å²) in [7, 11) is 0. The first kappa shape index (κ1) is 27.7. The fourth-order valence-electron chi connectivity index (χ4n) is 4.41. The quantitative estimate of drug-likeness (QED) is 0.127. The minimum atomic E-state index is 0.858. The van der Waals surface area contributed by atoms with Crippen LogP contribution in [0.15, 0.2) is 12.2 Å². The molecule has 168 valence electrons.